The van der Waals surface area contributed by atoms with Crippen LogP contribution in [0, 0.1) is 0 Å². The van der Waals surface area contributed by atoms with Crippen molar-refractivity contribution in [3.05, 3.63) is 20.7 Å². The molecule has 10 heteroatoms. The van der Waals surface area contributed by atoms with E-state index in [9.17, 15) is 9.59 Å². The average molecular weight is 246 g/mol. The summed E-state index contributed by atoms with van der Waals surface area (Å²) < 4.78 is 0. The van der Waals surface area contributed by atoms with Gasteiger partial charge >= 0.3 is 0 Å². The minimum Gasteiger partial charge on any atom is -0.369 e. The van der Waals surface area contributed by atoms with Crippen molar-refractivity contribution in [2.24, 2.45) is 0 Å². The fourth-order valence-electron chi connectivity index (χ4n) is 1.51. The first-order valence-electron chi connectivity index (χ1n) is 4.77. The summed E-state index contributed by atoms with van der Waals surface area (Å²) >= 11 is 0. The molecule has 0 aliphatic carbocycles. The molecule has 0 amide bonds. The van der Waals surface area contributed by atoms with Crippen molar-refractivity contribution in [2.75, 3.05) is 11.5 Å². The molecule has 6 N–H and O–H groups in total. The van der Waals surface area contributed by atoms with Gasteiger partial charge < -0.3 is 11.5 Å². The first-order chi connectivity index (χ1) is 8.54. The van der Waals surface area contributed by atoms with E-state index in [2.05, 4.69) is 29.9 Å². The molecule has 3 heterocycles. The summed E-state index contributed by atoms with van der Waals surface area (Å²) in [4.78, 5) is 43.1. The first kappa shape index (κ1) is 10.1. The molecule has 0 bridgehead atoms. The monoisotopic (exact) mass is 246 g/mol. The third-order valence-corrected chi connectivity index (χ3v) is 2.23. The molecule has 0 aliphatic heterocycles. The molecule has 0 fully saturated rings. The number of aromatic amines is 2. The van der Waals surface area contributed by atoms with Gasteiger partial charge in [0.25, 0.3) is 11.1 Å². The molecular formula is C8H6N8O2. The van der Waals surface area contributed by atoms with Crippen molar-refractivity contribution in [2.45, 2.75) is 0 Å². The van der Waals surface area contributed by atoms with E-state index in [1.807, 2.05) is 0 Å². The van der Waals surface area contributed by atoms with Gasteiger partial charge in [0.1, 0.15) is 0 Å². The molecule has 0 aliphatic rings. The highest BCUT2D eigenvalue weighted by Crippen LogP contribution is 2.07. The van der Waals surface area contributed by atoms with Crippen molar-refractivity contribution in [1.29, 1.82) is 0 Å². The minimum absolute atomic E-state index is 0.00116. The number of hydrogen-bond acceptors (Lipinski definition) is 8. The van der Waals surface area contributed by atoms with Gasteiger partial charge in [0.05, 0.1) is 0 Å². The van der Waals surface area contributed by atoms with Gasteiger partial charge in [0.2, 0.25) is 11.9 Å². The normalized spacial score (nSPS) is 11.1. The lowest BCUT2D eigenvalue weighted by Crippen LogP contribution is -2.18. The van der Waals surface area contributed by atoms with Gasteiger partial charge in [-0.3, -0.25) is 19.6 Å². The molecule has 3 rings (SSSR count). The number of nitrogens with one attached hydrogen (secondary N) is 2. The highest BCUT2D eigenvalue weighted by molar-refractivity contribution is 5.81. The number of H-pyrrole nitrogens is 2. The second kappa shape index (κ2) is 3.23. The van der Waals surface area contributed by atoms with Crippen molar-refractivity contribution in [1.82, 2.24) is 29.9 Å². The van der Waals surface area contributed by atoms with Crippen LogP contribution in [0.2, 0.25) is 0 Å². The van der Waals surface area contributed by atoms with Gasteiger partial charge in [-0.2, -0.15) is 9.97 Å². The highest BCUT2D eigenvalue weighted by atomic mass is 16.1. The molecule has 0 unspecified atom stereocenters. The van der Waals surface area contributed by atoms with E-state index >= 15 is 0 Å². The Labute approximate surface area is 97.1 Å². The number of nitrogens with zero attached hydrogens (tertiary/aromatic N) is 4. The van der Waals surface area contributed by atoms with Gasteiger partial charge in [-0.1, -0.05) is 0 Å². The van der Waals surface area contributed by atoms with E-state index in [1.54, 1.807) is 0 Å². The van der Waals surface area contributed by atoms with Crippen LogP contribution in [0.25, 0.3) is 22.3 Å². The van der Waals surface area contributed by atoms with Crippen LogP contribution in [0.4, 0.5) is 11.9 Å². The highest BCUT2D eigenvalue weighted by Gasteiger charge is 2.11. The maximum absolute atomic E-state index is 11.6. The Morgan fingerprint density at radius 1 is 0.722 bits per heavy atom. The predicted molar refractivity (Wildman–Crippen MR) is 62.7 cm³/mol. The Kier molecular flexibility index (Phi) is 1.82. The molecule has 0 aromatic carbocycles. The maximum Gasteiger partial charge on any atom is 0.280 e. The Bertz CT molecular complexity index is 824. The summed E-state index contributed by atoms with van der Waals surface area (Å²) in [6, 6.07) is 0. The average Bonchev–Trinajstić information content (AvgIpc) is 2.26. The van der Waals surface area contributed by atoms with Crippen molar-refractivity contribution in [3.8, 4) is 0 Å². The number of anilines is 2. The van der Waals surface area contributed by atoms with Crippen LogP contribution in [0.1, 0.15) is 0 Å². The van der Waals surface area contributed by atoms with Crippen LogP contribution >= 0.6 is 0 Å². The third-order valence-electron chi connectivity index (χ3n) is 2.23. The van der Waals surface area contributed by atoms with Crippen LogP contribution in [0.3, 0.4) is 0 Å². The van der Waals surface area contributed by atoms with Crippen LogP contribution < -0.4 is 22.6 Å². The molecule has 0 saturated carbocycles. The van der Waals surface area contributed by atoms with Gasteiger partial charge in [-0.05, 0) is 0 Å². The lowest BCUT2D eigenvalue weighted by atomic mass is 10.4. The molecule has 18 heavy (non-hydrogen) atoms. The fourth-order valence-corrected chi connectivity index (χ4v) is 1.51. The van der Waals surface area contributed by atoms with Crippen LogP contribution in [-0.2, 0) is 0 Å². The second-order valence-corrected chi connectivity index (χ2v) is 3.47. The van der Waals surface area contributed by atoms with E-state index in [0.29, 0.717) is 0 Å². The molecule has 3 aromatic rings. The number of nitrogens with two attached hydrogens (primary N) is 2. The summed E-state index contributed by atoms with van der Waals surface area (Å²) in [5.74, 6) is -0.196. The summed E-state index contributed by atoms with van der Waals surface area (Å²) in [5.41, 5.74) is 9.43. The Balaban J connectivity index is 2.59. The van der Waals surface area contributed by atoms with Crippen LogP contribution in [0.15, 0.2) is 9.59 Å². The SMILES string of the molecule is Nc1nc2nc3nc(N)[nH]c(=O)c3nc2c(=O)[nH]1. The largest absolute Gasteiger partial charge is 0.369 e. The van der Waals surface area contributed by atoms with Crippen molar-refractivity contribution < 1.29 is 0 Å². The first-order valence-corrected chi connectivity index (χ1v) is 4.77. The molecule has 90 valence electrons. The quantitative estimate of drug-likeness (QED) is 0.333. The number of rotatable bonds is 0. The topological polar surface area (TPSA) is 169 Å². The zero-order chi connectivity index (χ0) is 12.9. The molecule has 0 radical (unpaired) electrons. The Hall–Kier alpha value is -3.04. The number of nitrogen functional groups attached to an aromatic ring is 2. The predicted octanol–water partition coefficient (Wildman–Crippen LogP) is -1.89. The number of fused-ring (bicyclic) bond motifs is 2. The Morgan fingerprint density at radius 2 is 1.17 bits per heavy atom. The van der Waals surface area contributed by atoms with Gasteiger partial charge in [0.15, 0.2) is 22.3 Å². The number of hydrogen-bond donors (Lipinski definition) is 4. The molecular weight excluding hydrogens is 240 g/mol. The van der Waals surface area contributed by atoms with E-state index in [-0.39, 0.29) is 34.2 Å². The number of aromatic nitrogens is 6. The maximum atomic E-state index is 11.6. The standard InChI is InChI=1S/C8H6N8O2/c9-7-13-3-1(5(17)15-7)11-2-4(12-3)14-8(10)16-6(2)18/h(H6,9,10,12,13,14,15,16,17,18). The van der Waals surface area contributed by atoms with Crippen molar-refractivity contribution >= 4 is 34.2 Å². The lowest BCUT2D eigenvalue weighted by Gasteiger charge is -2.00. The summed E-state index contributed by atoms with van der Waals surface area (Å²) in [6.45, 7) is 0. The zero-order valence-corrected chi connectivity index (χ0v) is 8.76. The summed E-state index contributed by atoms with van der Waals surface area (Å²) in [7, 11) is 0. The van der Waals surface area contributed by atoms with Gasteiger partial charge in [-0.15, -0.1) is 0 Å². The third kappa shape index (κ3) is 1.36. The smallest absolute Gasteiger partial charge is 0.280 e. The summed E-state index contributed by atoms with van der Waals surface area (Å²) in [6.07, 6.45) is 0. The molecule has 10 nitrogen and oxygen atoms in total. The van der Waals surface area contributed by atoms with E-state index in [0.717, 1.165) is 0 Å². The lowest BCUT2D eigenvalue weighted by molar-refractivity contribution is 1.11. The summed E-state index contributed by atoms with van der Waals surface area (Å²) in [5, 5.41) is 0. The molecule has 3 aromatic heterocycles. The molecule has 0 spiro atoms. The van der Waals surface area contributed by atoms with Gasteiger partial charge in [0, 0.05) is 0 Å². The van der Waals surface area contributed by atoms with E-state index in [4.69, 9.17) is 11.5 Å². The van der Waals surface area contributed by atoms with Crippen LogP contribution in [-0.4, -0.2) is 29.9 Å². The second-order valence-electron chi connectivity index (χ2n) is 3.47. The molecule has 0 atom stereocenters. The molecule has 0 saturated heterocycles. The fraction of sp³-hybridized carbons (Fsp3) is 0. The van der Waals surface area contributed by atoms with Crippen LogP contribution in [0.5, 0.6) is 0 Å². The van der Waals surface area contributed by atoms with Crippen molar-refractivity contribution in [3.63, 3.8) is 0 Å². The van der Waals surface area contributed by atoms with Gasteiger partial charge in [-0.25, -0.2) is 9.97 Å². The van der Waals surface area contributed by atoms with E-state index < -0.39 is 11.1 Å². The van der Waals surface area contributed by atoms with E-state index in [1.165, 1.54) is 0 Å². The minimum atomic E-state index is -0.580. The zero-order valence-electron chi connectivity index (χ0n) is 8.76. The Morgan fingerprint density at radius 3 is 1.61 bits per heavy atom.